The minimum Gasteiger partial charge on any atom is -0.493 e. The second kappa shape index (κ2) is 8.53. The zero-order valence-electron chi connectivity index (χ0n) is 15.5. The van der Waals surface area contributed by atoms with Crippen LogP contribution in [0.5, 0.6) is 5.75 Å². The highest BCUT2D eigenvalue weighted by molar-refractivity contribution is 7.90. The van der Waals surface area contributed by atoms with Gasteiger partial charge >= 0.3 is 0 Å². The highest BCUT2D eigenvalue weighted by atomic mass is 32.2. The number of sulfone groups is 1. The Bertz CT molecular complexity index is 1130. The van der Waals surface area contributed by atoms with Crippen LogP contribution in [-0.2, 0) is 14.6 Å². The molecule has 0 aliphatic heterocycles. The number of nitrogens with zero attached hydrogens (tertiary/aromatic N) is 1. The van der Waals surface area contributed by atoms with Crippen molar-refractivity contribution < 1.29 is 17.9 Å². The third-order valence-corrected chi connectivity index (χ3v) is 5.86. The van der Waals surface area contributed by atoms with E-state index in [0.717, 1.165) is 24.0 Å². The van der Waals surface area contributed by atoms with Crippen LogP contribution in [0.3, 0.4) is 0 Å². The van der Waals surface area contributed by atoms with Crippen LogP contribution in [0.2, 0.25) is 0 Å². The fourth-order valence-corrected chi connectivity index (χ4v) is 4.09. The van der Waals surface area contributed by atoms with E-state index < -0.39 is 9.84 Å². The zero-order valence-corrected chi connectivity index (χ0v) is 17.1. The number of carbonyl (C=O) groups is 1. The average molecular weight is 417 g/mol. The number of carbonyl (C=O) groups excluding carboxylic acids is 1. The first-order chi connectivity index (χ1) is 13.4. The quantitative estimate of drug-likeness (QED) is 0.585. The number of rotatable bonds is 7. The summed E-state index contributed by atoms with van der Waals surface area (Å²) in [6.45, 7) is 2.64. The second-order valence-corrected chi connectivity index (χ2v) is 9.18. The lowest BCUT2D eigenvalue weighted by Crippen LogP contribution is -2.07. The summed E-state index contributed by atoms with van der Waals surface area (Å²) in [6.07, 6.45) is 5.17. The zero-order chi connectivity index (χ0) is 20.1. The molecule has 0 saturated heterocycles. The molecule has 3 rings (SSSR count). The van der Waals surface area contributed by atoms with Crippen LogP contribution >= 0.6 is 11.3 Å². The van der Waals surface area contributed by atoms with E-state index in [1.807, 2.05) is 31.2 Å². The molecule has 1 heterocycles. The molecular formula is C20H20N2O4S2. The van der Waals surface area contributed by atoms with E-state index in [9.17, 15) is 13.2 Å². The molecule has 0 unspecified atom stereocenters. The lowest BCUT2D eigenvalue weighted by Gasteiger charge is -2.07. The van der Waals surface area contributed by atoms with Crippen LogP contribution in [0, 0.1) is 0 Å². The maximum atomic E-state index is 12.2. The van der Waals surface area contributed by atoms with E-state index in [1.165, 1.54) is 23.5 Å². The third kappa shape index (κ3) is 4.96. The fourth-order valence-electron chi connectivity index (χ4n) is 2.46. The van der Waals surface area contributed by atoms with Crippen LogP contribution in [0.1, 0.15) is 18.9 Å². The summed E-state index contributed by atoms with van der Waals surface area (Å²) in [7, 11) is -3.29. The van der Waals surface area contributed by atoms with E-state index in [-0.39, 0.29) is 10.8 Å². The van der Waals surface area contributed by atoms with Gasteiger partial charge in [0.25, 0.3) is 0 Å². The molecule has 0 spiro atoms. The number of thiazole rings is 1. The van der Waals surface area contributed by atoms with Crippen molar-refractivity contribution in [2.75, 3.05) is 18.2 Å². The highest BCUT2D eigenvalue weighted by Gasteiger charge is 2.11. The molecule has 3 aromatic rings. The van der Waals surface area contributed by atoms with Gasteiger partial charge in [-0.2, -0.15) is 0 Å². The Morgan fingerprint density at radius 2 is 2.04 bits per heavy atom. The van der Waals surface area contributed by atoms with Gasteiger partial charge in [0.05, 0.1) is 21.7 Å². The summed E-state index contributed by atoms with van der Waals surface area (Å²) in [5.41, 5.74) is 1.45. The molecule has 1 aromatic heterocycles. The van der Waals surface area contributed by atoms with Gasteiger partial charge in [-0.1, -0.05) is 36.5 Å². The fraction of sp³-hybridized carbons (Fsp3) is 0.200. The molecule has 0 aliphatic carbocycles. The predicted octanol–water partition coefficient (Wildman–Crippen LogP) is 4.14. The molecule has 6 nitrogen and oxygen atoms in total. The molecule has 0 saturated carbocycles. The smallest absolute Gasteiger partial charge is 0.250 e. The normalized spacial score (nSPS) is 11.8. The van der Waals surface area contributed by atoms with Crippen molar-refractivity contribution in [3.63, 3.8) is 0 Å². The Morgan fingerprint density at radius 1 is 1.25 bits per heavy atom. The Hall–Kier alpha value is -2.71. The van der Waals surface area contributed by atoms with E-state index in [0.29, 0.717) is 22.0 Å². The van der Waals surface area contributed by atoms with Crippen molar-refractivity contribution in [3.8, 4) is 5.75 Å². The molecule has 0 atom stereocenters. The molecule has 1 amide bonds. The number of para-hydroxylation sites is 1. The molecule has 146 valence electrons. The lowest BCUT2D eigenvalue weighted by molar-refractivity contribution is -0.111. The van der Waals surface area contributed by atoms with E-state index in [4.69, 9.17) is 4.74 Å². The summed E-state index contributed by atoms with van der Waals surface area (Å²) < 4.78 is 29.7. The number of ether oxygens (including phenoxy) is 1. The van der Waals surface area contributed by atoms with Crippen LogP contribution in [0.15, 0.2) is 53.4 Å². The monoisotopic (exact) mass is 416 g/mol. The standard InChI is InChI=1S/C20H20N2O4S2/c1-3-12-26-17-7-5-4-6-14(17)8-11-19(23)22-20-21-16-10-9-15(28(2,24)25)13-18(16)27-20/h4-11,13H,3,12H2,1-2H3,(H,21,22,23)/b11-8+. The number of aromatic nitrogens is 1. The van der Waals surface area contributed by atoms with Crippen molar-refractivity contribution in [3.05, 3.63) is 54.1 Å². The molecule has 0 bridgehead atoms. The maximum Gasteiger partial charge on any atom is 0.250 e. The largest absolute Gasteiger partial charge is 0.493 e. The van der Waals surface area contributed by atoms with Crippen molar-refractivity contribution in [1.29, 1.82) is 0 Å². The molecule has 0 aliphatic rings. The summed E-state index contributed by atoms with van der Waals surface area (Å²) in [4.78, 5) is 16.8. The minimum absolute atomic E-state index is 0.227. The Kier molecular flexibility index (Phi) is 6.11. The van der Waals surface area contributed by atoms with Crippen LogP contribution in [-0.4, -0.2) is 32.2 Å². The molecule has 0 fully saturated rings. The highest BCUT2D eigenvalue weighted by Crippen LogP contribution is 2.28. The van der Waals surface area contributed by atoms with E-state index in [2.05, 4.69) is 10.3 Å². The van der Waals surface area contributed by atoms with Gasteiger partial charge in [-0.25, -0.2) is 13.4 Å². The topological polar surface area (TPSA) is 85.4 Å². The molecule has 28 heavy (non-hydrogen) atoms. The predicted molar refractivity (Wildman–Crippen MR) is 113 cm³/mol. The average Bonchev–Trinajstić information content (AvgIpc) is 3.06. The second-order valence-electron chi connectivity index (χ2n) is 6.13. The molecule has 1 N–H and O–H groups in total. The Labute approximate surface area is 167 Å². The van der Waals surface area contributed by atoms with E-state index >= 15 is 0 Å². The molecule has 2 aromatic carbocycles. The number of nitrogens with one attached hydrogen (secondary N) is 1. The first-order valence-electron chi connectivity index (χ1n) is 8.68. The number of fused-ring (bicyclic) bond motifs is 1. The Balaban J connectivity index is 1.74. The first-order valence-corrected chi connectivity index (χ1v) is 11.4. The minimum atomic E-state index is -3.29. The number of anilines is 1. The van der Waals surface area contributed by atoms with Gasteiger partial charge in [0.1, 0.15) is 5.75 Å². The maximum absolute atomic E-state index is 12.2. The number of hydrogen-bond acceptors (Lipinski definition) is 6. The Morgan fingerprint density at radius 3 is 2.79 bits per heavy atom. The van der Waals surface area contributed by atoms with Crippen molar-refractivity contribution in [2.24, 2.45) is 0 Å². The van der Waals surface area contributed by atoms with Crippen LogP contribution in [0.25, 0.3) is 16.3 Å². The molecular weight excluding hydrogens is 396 g/mol. The summed E-state index contributed by atoms with van der Waals surface area (Å²) in [5, 5.41) is 3.12. The van der Waals surface area contributed by atoms with Crippen LogP contribution in [0.4, 0.5) is 5.13 Å². The number of amides is 1. The number of hydrogen-bond donors (Lipinski definition) is 1. The summed E-state index contributed by atoms with van der Waals surface area (Å²) >= 11 is 1.23. The van der Waals surface area contributed by atoms with Gasteiger partial charge in [0, 0.05) is 17.9 Å². The SMILES string of the molecule is CCCOc1ccccc1/C=C/C(=O)Nc1nc2ccc(S(C)(=O)=O)cc2s1. The van der Waals surface area contributed by atoms with Crippen molar-refractivity contribution >= 4 is 48.5 Å². The summed E-state index contributed by atoms with van der Waals surface area (Å²) in [5.74, 6) is 0.398. The van der Waals surface area contributed by atoms with Crippen molar-refractivity contribution in [2.45, 2.75) is 18.2 Å². The number of benzene rings is 2. The van der Waals surface area contributed by atoms with Gasteiger partial charge in [-0.05, 0) is 36.8 Å². The summed E-state index contributed by atoms with van der Waals surface area (Å²) in [6, 6.07) is 12.2. The van der Waals surface area contributed by atoms with Gasteiger partial charge < -0.3 is 4.74 Å². The van der Waals surface area contributed by atoms with Crippen LogP contribution < -0.4 is 10.1 Å². The molecule has 0 radical (unpaired) electrons. The van der Waals surface area contributed by atoms with Gasteiger partial charge in [0.15, 0.2) is 15.0 Å². The lowest BCUT2D eigenvalue weighted by atomic mass is 10.2. The van der Waals surface area contributed by atoms with Gasteiger partial charge in [0.2, 0.25) is 5.91 Å². The first kappa shape index (κ1) is 20.0. The van der Waals surface area contributed by atoms with Gasteiger partial charge in [-0.15, -0.1) is 0 Å². The van der Waals surface area contributed by atoms with Crippen molar-refractivity contribution in [1.82, 2.24) is 4.98 Å². The third-order valence-electron chi connectivity index (χ3n) is 3.81. The molecule has 8 heteroatoms. The van der Waals surface area contributed by atoms with Gasteiger partial charge in [-0.3, -0.25) is 10.1 Å². The van der Waals surface area contributed by atoms with E-state index in [1.54, 1.807) is 18.2 Å².